The molecular formula is C23H22N6O4S. The first-order valence-electron chi connectivity index (χ1n) is 10.7. The maximum atomic E-state index is 13.1. The van der Waals surface area contributed by atoms with Gasteiger partial charge in [0.1, 0.15) is 12.1 Å². The Bertz CT molecular complexity index is 1420. The molecule has 0 unspecified atom stereocenters. The van der Waals surface area contributed by atoms with Crippen LogP contribution >= 0.6 is 0 Å². The van der Waals surface area contributed by atoms with E-state index in [0.29, 0.717) is 24.5 Å². The van der Waals surface area contributed by atoms with E-state index in [4.69, 9.17) is 4.74 Å². The van der Waals surface area contributed by atoms with Gasteiger partial charge in [0.25, 0.3) is 5.91 Å². The van der Waals surface area contributed by atoms with Gasteiger partial charge in [0.15, 0.2) is 6.61 Å². The summed E-state index contributed by atoms with van der Waals surface area (Å²) in [5.74, 6) is 0.314. The molecule has 0 atom stereocenters. The van der Waals surface area contributed by atoms with Gasteiger partial charge in [-0.1, -0.05) is 36.4 Å². The molecule has 1 aliphatic heterocycles. The van der Waals surface area contributed by atoms with Crippen molar-refractivity contribution in [3.8, 4) is 11.4 Å². The Morgan fingerprint density at radius 1 is 0.912 bits per heavy atom. The van der Waals surface area contributed by atoms with Gasteiger partial charge >= 0.3 is 0 Å². The normalized spacial score (nSPS) is 14.9. The Labute approximate surface area is 196 Å². The Hall–Kier alpha value is -3.83. The predicted octanol–water partition coefficient (Wildman–Crippen LogP) is 1.73. The third-order valence-corrected chi connectivity index (χ3v) is 7.64. The van der Waals surface area contributed by atoms with Gasteiger partial charge in [-0.3, -0.25) is 4.79 Å². The topological polar surface area (TPSA) is 111 Å². The second kappa shape index (κ2) is 9.20. The molecule has 0 saturated carbocycles. The average molecular weight is 479 g/mol. The minimum atomic E-state index is -3.64. The Kier molecular flexibility index (Phi) is 5.95. The summed E-state index contributed by atoms with van der Waals surface area (Å²) in [6.07, 6.45) is 1.47. The smallest absolute Gasteiger partial charge is 0.260 e. The van der Waals surface area contributed by atoms with Crippen molar-refractivity contribution >= 4 is 26.7 Å². The molecule has 0 bridgehead atoms. The molecule has 1 saturated heterocycles. The van der Waals surface area contributed by atoms with Crippen molar-refractivity contribution in [3.05, 3.63) is 73.1 Å². The highest BCUT2D eigenvalue weighted by Crippen LogP contribution is 2.23. The zero-order valence-electron chi connectivity index (χ0n) is 18.2. The van der Waals surface area contributed by atoms with Crippen LogP contribution in [0.4, 0.5) is 0 Å². The molecule has 1 aliphatic rings. The highest BCUT2D eigenvalue weighted by molar-refractivity contribution is 7.89. The standard InChI is InChI=1S/C23H22N6O4S/c30-23(16-33-21-7-3-6-20(15-21)29-17-24-25-26-29)27-10-12-28(13-11-27)34(31,32)22-9-8-18-4-1-2-5-19(18)14-22/h1-9,14-15,17H,10-13,16H2. The predicted molar refractivity (Wildman–Crippen MR) is 124 cm³/mol. The van der Waals surface area contributed by atoms with E-state index >= 15 is 0 Å². The zero-order valence-corrected chi connectivity index (χ0v) is 19.0. The number of hydrogen-bond donors (Lipinski definition) is 0. The van der Waals surface area contributed by atoms with Crippen LogP contribution in [-0.4, -0.2) is 76.5 Å². The van der Waals surface area contributed by atoms with Crippen molar-refractivity contribution in [3.63, 3.8) is 0 Å². The number of aromatic nitrogens is 4. The number of sulfonamides is 1. The number of carbonyl (C=O) groups excluding carboxylic acids is 1. The van der Waals surface area contributed by atoms with Crippen molar-refractivity contribution in [2.45, 2.75) is 4.90 Å². The number of ether oxygens (including phenoxy) is 1. The highest BCUT2D eigenvalue weighted by atomic mass is 32.2. The monoisotopic (exact) mass is 478 g/mol. The van der Waals surface area contributed by atoms with Gasteiger partial charge in [0.05, 0.1) is 10.6 Å². The van der Waals surface area contributed by atoms with Crippen molar-refractivity contribution in [2.75, 3.05) is 32.8 Å². The number of benzene rings is 3. The fraction of sp³-hybridized carbons (Fsp3) is 0.217. The second-order valence-corrected chi connectivity index (χ2v) is 9.77. The molecule has 0 aliphatic carbocycles. The summed E-state index contributed by atoms with van der Waals surface area (Å²) >= 11 is 0. The molecule has 0 radical (unpaired) electrons. The third-order valence-electron chi connectivity index (χ3n) is 5.74. The number of piperazine rings is 1. The number of hydrogen-bond acceptors (Lipinski definition) is 7. The maximum absolute atomic E-state index is 13.1. The van der Waals surface area contributed by atoms with Gasteiger partial charge in [-0.15, -0.1) is 5.10 Å². The second-order valence-electron chi connectivity index (χ2n) is 7.83. The molecule has 174 valence electrons. The van der Waals surface area contributed by atoms with Crippen LogP contribution in [0.3, 0.4) is 0 Å². The Balaban J connectivity index is 1.18. The summed E-state index contributed by atoms with van der Waals surface area (Å²) in [6, 6.07) is 19.9. The SMILES string of the molecule is O=C(COc1cccc(-n2cnnn2)c1)N1CCN(S(=O)(=O)c2ccc3ccccc3c2)CC1. The molecule has 5 rings (SSSR count). The van der Waals surface area contributed by atoms with Crippen LogP contribution in [0.25, 0.3) is 16.5 Å². The molecule has 3 aromatic carbocycles. The van der Waals surface area contributed by atoms with Crippen LogP contribution in [0.15, 0.2) is 78.0 Å². The van der Waals surface area contributed by atoms with Gasteiger partial charge in [0.2, 0.25) is 10.0 Å². The lowest BCUT2D eigenvalue weighted by Gasteiger charge is -2.34. The van der Waals surface area contributed by atoms with Gasteiger partial charge in [-0.05, 0) is 45.5 Å². The van der Waals surface area contributed by atoms with E-state index in [0.717, 1.165) is 10.8 Å². The third kappa shape index (κ3) is 4.47. The molecule has 34 heavy (non-hydrogen) atoms. The van der Waals surface area contributed by atoms with Gasteiger partial charge in [0, 0.05) is 32.2 Å². The number of tetrazole rings is 1. The number of fused-ring (bicyclic) bond motifs is 1. The van der Waals surface area contributed by atoms with E-state index in [1.807, 2.05) is 36.4 Å². The van der Waals surface area contributed by atoms with Crippen molar-refractivity contribution in [1.29, 1.82) is 0 Å². The lowest BCUT2D eigenvalue weighted by Crippen LogP contribution is -2.51. The number of carbonyl (C=O) groups is 1. The van der Waals surface area contributed by atoms with Crippen molar-refractivity contribution in [2.24, 2.45) is 0 Å². The molecule has 0 N–H and O–H groups in total. The molecule has 2 heterocycles. The van der Waals surface area contributed by atoms with Crippen molar-refractivity contribution in [1.82, 2.24) is 29.4 Å². The molecule has 4 aromatic rings. The summed E-state index contributed by atoms with van der Waals surface area (Å²) in [5, 5.41) is 12.9. The lowest BCUT2D eigenvalue weighted by molar-refractivity contribution is -0.134. The molecule has 10 nitrogen and oxygen atoms in total. The van der Waals surface area contributed by atoms with E-state index < -0.39 is 10.0 Å². The molecule has 1 fully saturated rings. The highest BCUT2D eigenvalue weighted by Gasteiger charge is 2.30. The van der Waals surface area contributed by atoms with Crippen LogP contribution in [0.2, 0.25) is 0 Å². The van der Waals surface area contributed by atoms with Crippen LogP contribution in [0.1, 0.15) is 0 Å². The summed E-state index contributed by atoms with van der Waals surface area (Å²) in [4.78, 5) is 14.5. The van der Waals surface area contributed by atoms with Crippen molar-refractivity contribution < 1.29 is 17.9 Å². The fourth-order valence-corrected chi connectivity index (χ4v) is 5.34. The van der Waals surface area contributed by atoms with Crippen LogP contribution < -0.4 is 4.74 Å². The van der Waals surface area contributed by atoms with E-state index in [1.165, 1.54) is 15.3 Å². The van der Waals surface area contributed by atoms with Gasteiger partial charge in [-0.25, -0.2) is 13.1 Å². The largest absolute Gasteiger partial charge is 0.484 e. The molecule has 1 aromatic heterocycles. The van der Waals surface area contributed by atoms with Gasteiger partial charge in [-0.2, -0.15) is 4.31 Å². The summed E-state index contributed by atoms with van der Waals surface area (Å²) in [7, 11) is -3.64. The van der Waals surface area contributed by atoms with Crippen LogP contribution in [-0.2, 0) is 14.8 Å². The molecule has 11 heteroatoms. The first-order chi connectivity index (χ1) is 16.5. The minimum absolute atomic E-state index is 0.142. The molecule has 0 spiro atoms. The summed E-state index contributed by atoms with van der Waals surface area (Å²) < 4.78 is 34.8. The quantitative estimate of drug-likeness (QED) is 0.415. The number of rotatable bonds is 6. The van der Waals surface area contributed by atoms with Crippen LogP contribution in [0, 0.1) is 0 Å². The Morgan fingerprint density at radius 2 is 1.71 bits per heavy atom. The van der Waals surface area contributed by atoms with E-state index in [-0.39, 0.29) is 30.5 Å². The summed E-state index contributed by atoms with van der Waals surface area (Å²) in [5.41, 5.74) is 0.711. The zero-order chi connectivity index (χ0) is 23.5. The Morgan fingerprint density at radius 3 is 2.47 bits per heavy atom. The van der Waals surface area contributed by atoms with E-state index in [1.54, 1.807) is 35.2 Å². The van der Waals surface area contributed by atoms with E-state index in [2.05, 4.69) is 15.5 Å². The van der Waals surface area contributed by atoms with Gasteiger partial charge < -0.3 is 9.64 Å². The molecule has 1 amide bonds. The first kappa shape index (κ1) is 22.0. The lowest BCUT2D eigenvalue weighted by atomic mass is 10.1. The fourth-order valence-electron chi connectivity index (χ4n) is 3.89. The minimum Gasteiger partial charge on any atom is -0.484 e. The summed E-state index contributed by atoms with van der Waals surface area (Å²) in [6.45, 7) is 0.932. The number of amides is 1. The molecular weight excluding hydrogens is 456 g/mol. The average Bonchev–Trinajstić information content (AvgIpc) is 3.42. The first-order valence-corrected chi connectivity index (χ1v) is 12.2. The van der Waals surface area contributed by atoms with Crippen LogP contribution in [0.5, 0.6) is 5.75 Å². The maximum Gasteiger partial charge on any atom is 0.260 e. The number of nitrogens with zero attached hydrogens (tertiary/aromatic N) is 6. The van der Waals surface area contributed by atoms with E-state index in [9.17, 15) is 13.2 Å².